The van der Waals surface area contributed by atoms with Gasteiger partial charge in [-0.3, -0.25) is 29.5 Å². The van der Waals surface area contributed by atoms with Crippen molar-refractivity contribution >= 4 is 34.0 Å². The van der Waals surface area contributed by atoms with Crippen LogP contribution in [0.15, 0.2) is 12.1 Å². The van der Waals surface area contributed by atoms with E-state index in [2.05, 4.69) is 0 Å². The van der Waals surface area contributed by atoms with Crippen molar-refractivity contribution < 1.29 is 18.6 Å². The Balaban J connectivity index is 3.59. The molecule has 23 heavy (non-hydrogen) atoms. The lowest BCUT2D eigenvalue weighted by atomic mass is 10.1. The lowest BCUT2D eigenvalue weighted by Crippen LogP contribution is -2.26. The summed E-state index contributed by atoms with van der Waals surface area (Å²) in [5, 5.41) is 22.7. The highest BCUT2D eigenvalue weighted by Crippen LogP contribution is 2.40. The van der Waals surface area contributed by atoms with Crippen molar-refractivity contribution in [3.8, 4) is 0 Å². The van der Waals surface area contributed by atoms with E-state index < -0.39 is 32.5 Å². The lowest BCUT2D eigenvalue weighted by Gasteiger charge is -2.23. The van der Waals surface area contributed by atoms with Gasteiger partial charge in [0.25, 0.3) is 11.3 Å². The van der Waals surface area contributed by atoms with E-state index in [9.17, 15) is 24.4 Å². The molecule has 10 nitrogen and oxygen atoms in total. The average molecular weight is 346 g/mol. The van der Waals surface area contributed by atoms with Crippen molar-refractivity contribution in [1.82, 2.24) is 0 Å². The molecule has 0 aliphatic heterocycles. The zero-order chi connectivity index (χ0) is 17.6. The summed E-state index contributed by atoms with van der Waals surface area (Å²) >= 11 is -2.49. The predicted molar refractivity (Wildman–Crippen MR) is 86.9 cm³/mol. The van der Waals surface area contributed by atoms with Crippen molar-refractivity contribution in [3.05, 3.63) is 32.4 Å². The number of rotatable bonds is 9. The Morgan fingerprint density at radius 2 is 1.57 bits per heavy atom. The van der Waals surface area contributed by atoms with Crippen LogP contribution in [0.5, 0.6) is 0 Å². The molecule has 1 atom stereocenters. The minimum absolute atomic E-state index is 0.0852. The molecule has 0 aliphatic rings. The molecule has 0 radical (unpaired) electrons. The minimum Gasteiger partial charge on any atom is -0.360 e. The Kier molecular flexibility index (Phi) is 6.85. The van der Waals surface area contributed by atoms with Crippen molar-refractivity contribution in [1.29, 1.82) is 0 Å². The standard InChI is InChI=1S/C12H18N4O6S/c1-3-5-14(6-4-2)12-10(15(17)18)7-9(13-23(21)22)8-11(12)16(19)20/h7-8,13H,3-6H2,1-2H3,(H,21,22). The molecule has 128 valence electrons. The van der Waals surface area contributed by atoms with Gasteiger partial charge < -0.3 is 4.90 Å². The average Bonchev–Trinajstić information content (AvgIpc) is 2.45. The molecule has 0 fully saturated rings. The summed E-state index contributed by atoms with van der Waals surface area (Å²) in [4.78, 5) is 22.8. The van der Waals surface area contributed by atoms with Gasteiger partial charge in [0.05, 0.1) is 15.5 Å². The van der Waals surface area contributed by atoms with E-state index >= 15 is 0 Å². The quantitative estimate of drug-likeness (QED) is 0.398. The van der Waals surface area contributed by atoms with E-state index in [0.29, 0.717) is 25.9 Å². The van der Waals surface area contributed by atoms with Crippen molar-refractivity contribution in [2.24, 2.45) is 0 Å². The summed E-state index contributed by atoms with van der Waals surface area (Å²) in [6.45, 7) is 4.58. The molecular weight excluding hydrogens is 328 g/mol. The number of nitrogens with zero attached hydrogens (tertiary/aromatic N) is 3. The molecule has 0 saturated heterocycles. The van der Waals surface area contributed by atoms with Gasteiger partial charge in [-0.1, -0.05) is 13.8 Å². The van der Waals surface area contributed by atoms with Crippen LogP contribution in [0, 0.1) is 20.2 Å². The Hall–Kier alpha value is -2.27. The van der Waals surface area contributed by atoms with Crippen molar-refractivity contribution in [3.63, 3.8) is 0 Å². The number of anilines is 2. The molecule has 0 bridgehead atoms. The fraction of sp³-hybridized carbons (Fsp3) is 0.500. The van der Waals surface area contributed by atoms with E-state index in [1.54, 1.807) is 4.90 Å². The molecule has 0 aromatic heterocycles. The highest BCUT2D eigenvalue weighted by atomic mass is 32.2. The van der Waals surface area contributed by atoms with Gasteiger partial charge in [-0.25, -0.2) is 4.21 Å². The van der Waals surface area contributed by atoms with Crippen LogP contribution >= 0.6 is 0 Å². The van der Waals surface area contributed by atoms with E-state index in [1.165, 1.54) is 0 Å². The molecule has 2 N–H and O–H groups in total. The maximum absolute atomic E-state index is 11.3. The van der Waals surface area contributed by atoms with Gasteiger partial charge in [-0.2, -0.15) is 0 Å². The number of nitro benzene ring substituents is 2. The smallest absolute Gasteiger partial charge is 0.301 e. The van der Waals surface area contributed by atoms with Crippen LogP contribution in [0.3, 0.4) is 0 Å². The fourth-order valence-corrected chi connectivity index (χ4v) is 2.56. The van der Waals surface area contributed by atoms with Gasteiger partial charge in [0.1, 0.15) is 0 Å². The van der Waals surface area contributed by atoms with Crippen molar-refractivity contribution in [2.45, 2.75) is 26.7 Å². The van der Waals surface area contributed by atoms with Crippen LogP contribution in [0.25, 0.3) is 0 Å². The van der Waals surface area contributed by atoms with Crippen LogP contribution in [-0.4, -0.2) is 31.7 Å². The Morgan fingerprint density at radius 3 is 1.87 bits per heavy atom. The number of hydrogen-bond donors (Lipinski definition) is 2. The maximum atomic E-state index is 11.3. The second-order valence-electron chi connectivity index (χ2n) is 4.72. The zero-order valence-electron chi connectivity index (χ0n) is 12.7. The van der Waals surface area contributed by atoms with E-state index in [-0.39, 0.29) is 11.4 Å². The summed E-state index contributed by atoms with van der Waals surface area (Å²) in [5.74, 6) is 0. The van der Waals surface area contributed by atoms with Crippen LogP contribution in [-0.2, 0) is 11.3 Å². The number of benzene rings is 1. The third-order valence-corrected chi connectivity index (χ3v) is 3.38. The van der Waals surface area contributed by atoms with Crippen LogP contribution in [0.2, 0.25) is 0 Å². The Bertz CT molecular complexity index is 583. The van der Waals surface area contributed by atoms with Crippen LogP contribution < -0.4 is 9.62 Å². The van der Waals surface area contributed by atoms with Gasteiger partial charge in [0, 0.05) is 25.2 Å². The van der Waals surface area contributed by atoms with Gasteiger partial charge in [0.2, 0.25) is 0 Å². The van der Waals surface area contributed by atoms with Gasteiger partial charge in [-0.15, -0.1) is 0 Å². The van der Waals surface area contributed by atoms with E-state index in [0.717, 1.165) is 12.1 Å². The summed E-state index contributed by atoms with van der Waals surface area (Å²) in [7, 11) is 0. The molecule has 0 amide bonds. The Labute approximate surface area is 135 Å². The summed E-state index contributed by atoms with van der Waals surface area (Å²) in [6.07, 6.45) is 1.32. The molecule has 11 heteroatoms. The highest BCUT2D eigenvalue weighted by Gasteiger charge is 2.30. The summed E-state index contributed by atoms with van der Waals surface area (Å²) < 4.78 is 21.7. The summed E-state index contributed by atoms with van der Waals surface area (Å²) in [6, 6.07) is 2.05. The molecule has 0 saturated carbocycles. The topological polar surface area (TPSA) is 139 Å². The van der Waals surface area contributed by atoms with E-state index in [1.807, 2.05) is 18.6 Å². The van der Waals surface area contributed by atoms with Crippen molar-refractivity contribution in [2.75, 3.05) is 22.7 Å². The molecule has 1 aromatic rings. The molecule has 1 aromatic carbocycles. The molecule has 0 spiro atoms. The van der Waals surface area contributed by atoms with Crippen LogP contribution in [0.1, 0.15) is 26.7 Å². The molecule has 1 rings (SSSR count). The third-order valence-electron chi connectivity index (χ3n) is 2.97. The third kappa shape index (κ3) is 4.86. The van der Waals surface area contributed by atoms with Crippen LogP contribution in [0.4, 0.5) is 22.7 Å². The first kappa shape index (κ1) is 18.8. The van der Waals surface area contributed by atoms with Gasteiger partial charge >= 0.3 is 11.4 Å². The van der Waals surface area contributed by atoms with E-state index in [4.69, 9.17) is 4.55 Å². The van der Waals surface area contributed by atoms with Gasteiger partial charge in [-0.05, 0) is 12.8 Å². The lowest BCUT2D eigenvalue weighted by molar-refractivity contribution is -0.392. The van der Waals surface area contributed by atoms with Gasteiger partial charge in [0.15, 0.2) is 5.69 Å². The number of nitro groups is 2. The highest BCUT2D eigenvalue weighted by molar-refractivity contribution is 7.80. The second kappa shape index (κ2) is 8.39. The minimum atomic E-state index is -2.49. The monoisotopic (exact) mass is 346 g/mol. The predicted octanol–water partition coefficient (Wildman–Crippen LogP) is 2.68. The normalized spacial score (nSPS) is 11.8. The molecular formula is C12H18N4O6S. The Morgan fingerprint density at radius 1 is 1.13 bits per heavy atom. The fourth-order valence-electron chi connectivity index (χ4n) is 2.24. The SMILES string of the molecule is CCCN(CCC)c1c([N+](=O)[O-])cc(NS(=O)O)cc1[N+](=O)[O-]. The first-order valence-corrected chi connectivity index (χ1v) is 8.01. The maximum Gasteiger partial charge on any atom is 0.301 e. The number of nitrogens with one attached hydrogen (secondary N) is 1. The zero-order valence-corrected chi connectivity index (χ0v) is 13.5. The first-order valence-electron chi connectivity index (χ1n) is 6.91. The molecule has 0 heterocycles. The number of hydrogen-bond acceptors (Lipinski definition) is 6. The first-order chi connectivity index (χ1) is 10.8. The largest absolute Gasteiger partial charge is 0.360 e. The summed E-state index contributed by atoms with van der Waals surface area (Å²) in [5.41, 5.74) is -1.21. The molecule has 0 aliphatic carbocycles. The second-order valence-corrected chi connectivity index (χ2v) is 5.42. The molecule has 1 unspecified atom stereocenters.